The average molecular weight is 518 g/mol. The molecule has 198 valence electrons. The molecule has 0 radical (unpaired) electrons. The summed E-state index contributed by atoms with van der Waals surface area (Å²) < 4.78 is 17.5. The van der Waals surface area contributed by atoms with E-state index in [0.29, 0.717) is 28.6 Å². The minimum absolute atomic E-state index is 0.00849. The molecule has 3 amide bonds. The molecule has 1 aliphatic carbocycles. The van der Waals surface area contributed by atoms with E-state index in [1.807, 2.05) is 6.07 Å². The number of rotatable bonds is 7. The first kappa shape index (κ1) is 25.4. The van der Waals surface area contributed by atoms with Gasteiger partial charge in [-0.05, 0) is 61.4 Å². The first-order chi connectivity index (χ1) is 18.5. The van der Waals surface area contributed by atoms with Crippen molar-refractivity contribution < 1.29 is 28.3 Å². The third-order valence-corrected chi connectivity index (χ3v) is 6.76. The van der Waals surface area contributed by atoms with Crippen LogP contribution in [0.25, 0.3) is 0 Å². The van der Waals surface area contributed by atoms with Gasteiger partial charge in [-0.2, -0.15) is 0 Å². The van der Waals surface area contributed by atoms with Crippen LogP contribution in [0.2, 0.25) is 0 Å². The van der Waals surface area contributed by atoms with E-state index < -0.39 is 18.1 Å². The van der Waals surface area contributed by atoms with Gasteiger partial charge in [-0.25, -0.2) is 0 Å². The van der Waals surface area contributed by atoms with Crippen molar-refractivity contribution in [3.05, 3.63) is 72.7 Å². The van der Waals surface area contributed by atoms with Crippen LogP contribution in [0.3, 0.4) is 0 Å². The van der Waals surface area contributed by atoms with Crippen LogP contribution in [-0.2, 0) is 14.4 Å². The van der Waals surface area contributed by atoms with Crippen molar-refractivity contribution in [1.29, 1.82) is 0 Å². The molecule has 9 heteroatoms. The highest BCUT2D eigenvalue weighted by Gasteiger charge is 2.41. The van der Waals surface area contributed by atoms with Gasteiger partial charge in [0, 0.05) is 24.3 Å². The van der Waals surface area contributed by atoms with Crippen LogP contribution < -0.4 is 25.0 Å². The SMILES string of the molecule is CC(=O)Nc1ccc(N(C(=O)[C@@H]2COc3ccccc3O2)[C@@H](C(=O)NC2CCCCC2)c2ccco2)cc1. The Morgan fingerprint density at radius 3 is 2.34 bits per heavy atom. The summed E-state index contributed by atoms with van der Waals surface area (Å²) in [4.78, 5) is 40.9. The zero-order valence-corrected chi connectivity index (χ0v) is 21.2. The number of nitrogens with one attached hydrogen (secondary N) is 2. The number of anilines is 2. The van der Waals surface area contributed by atoms with Crippen LogP contribution >= 0.6 is 0 Å². The van der Waals surface area contributed by atoms with Crippen LogP contribution in [-0.4, -0.2) is 36.5 Å². The van der Waals surface area contributed by atoms with E-state index in [-0.39, 0.29) is 24.5 Å². The molecule has 2 atom stereocenters. The van der Waals surface area contributed by atoms with Gasteiger partial charge in [0.2, 0.25) is 12.0 Å². The average Bonchev–Trinajstić information content (AvgIpc) is 3.46. The first-order valence-electron chi connectivity index (χ1n) is 12.9. The zero-order chi connectivity index (χ0) is 26.5. The standard InChI is InChI=1S/C29H31N3O6/c1-19(33)30-21-13-15-22(16-14-21)32(29(35)26-18-37-23-10-5-6-11-24(23)38-26)27(25-12-7-17-36-25)28(34)31-20-8-3-2-4-9-20/h5-7,10-17,20,26-27H,2-4,8-9,18H2,1H3,(H,30,33)(H,31,34)/t26-,27+/m0/s1. The number of benzene rings is 2. The van der Waals surface area contributed by atoms with Gasteiger partial charge in [-0.1, -0.05) is 31.4 Å². The number of amides is 3. The second-order valence-electron chi connectivity index (χ2n) is 9.56. The van der Waals surface area contributed by atoms with Gasteiger partial charge in [-0.3, -0.25) is 19.3 Å². The molecule has 9 nitrogen and oxygen atoms in total. The van der Waals surface area contributed by atoms with Crippen LogP contribution in [0.5, 0.6) is 11.5 Å². The topological polar surface area (TPSA) is 110 Å². The smallest absolute Gasteiger partial charge is 0.272 e. The molecule has 0 saturated heterocycles. The Balaban J connectivity index is 1.51. The van der Waals surface area contributed by atoms with Gasteiger partial charge in [0.1, 0.15) is 12.4 Å². The normalized spacial score (nSPS) is 17.8. The lowest BCUT2D eigenvalue weighted by molar-refractivity contribution is -0.132. The molecule has 3 aromatic rings. The summed E-state index contributed by atoms with van der Waals surface area (Å²) >= 11 is 0. The Hall–Kier alpha value is -4.27. The third-order valence-electron chi connectivity index (χ3n) is 6.76. The van der Waals surface area contributed by atoms with E-state index in [9.17, 15) is 14.4 Å². The molecule has 2 heterocycles. The molecular formula is C29H31N3O6. The highest BCUT2D eigenvalue weighted by Crippen LogP contribution is 2.35. The predicted molar refractivity (Wildman–Crippen MR) is 141 cm³/mol. The number of hydrogen-bond acceptors (Lipinski definition) is 6. The van der Waals surface area contributed by atoms with E-state index in [0.717, 1.165) is 32.1 Å². The minimum atomic E-state index is -1.08. The molecule has 5 rings (SSSR count). The highest BCUT2D eigenvalue weighted by molar-refractivity contribution is 6.03. The number of carbonyl (C=O) groups excluding carboxylic acids is 3. The van der Waals surface area contributed by atoms with Crippen LogP contribution in [0.4, 0.5) is 11.4 Å². The molecule has 2 aliphatic rings. The quantitative estimate of drug-likeness (QED) is 0.474. The molecule has 2 N–H and O–H groups in total. The zero-order valence-electron chi connectivity index (χ0n) is 21.2. The van der Waals surface area contributed by atoms with Crippen LogP contribution in [0.15, 0.2) is 71.3 Å². The van der Waals surface area contributed by atoms with Gasteiger partial charge in [0.15, 0.2) is 17.5 Å². The van der Waals surface area contributed by atoms with Gasteiger partial charge in [-0.15, -0.1) is 0 Å². The summed E-state index contributed by atoms with van der Waals surface area (Å²) in [5.74, 6) is 0.349. The predicted octanol–water partition coefficient (Wildman–Crippen LogP) is 4.60. The number of ether oxygens (including phenoxy) is 2. The van der Waals surface area contributed by atoms with Crippen molar-refractivity contribution >= 4 is 29.1 Å². The Labute approximate surface area is 221 Å². The Morgan fingerprint density at radius 2 is 1.66 bits per heavy atom. The summed E-state index contributed by atoms with van der Waals surface area (Å²) in [5.41, 5.74) is 1.02. The first-order valence-corrected chi connectivity index (χ1v) is 12.9. The maximum atomic E-state index is 14.1. The molecule has 2 aromatic carbocycles. The maximum Gasteiger partial charge on any atom is 0.272 e. The Bertz CT molecular complexity index is 1270. The maximum absolute atomic E-state index is 14.1. The largest absolute Gasteiger partial charge is 0.485 e. The fourth-order valence-corrected chi connectivity index (χ4v) is 4.96. The molecule has 1 aromatic heterocycles. The lowest BCUT2D eigenvalue weighted by atomic mass is 9.95. The molecule has 0 spiro atoms. The molecular weight excluding hydrogens is 486 g/mol. The Morgan fingerprint density at radius 1 is 0.921 bits per heavy atom. The fourth-order valence-electron chi connectivity index (χ4n) is 4.96. The molecule has 38 heavy (non-hydrogen) atoms. The molecule has 0 bridgehead atoms. The van der Waals surface area contributed by atoms with Crippen molar-refractivity contribution in [3.8, 4) is 11.5 Å². The molecule has 0 unspecified atom stereocenters. The second-order valence-corrected chi connectivity index (χ2v) is 9.56. The van der Waals surface area contributed by atoms with Crippen molar-refractivity contribution in [2.75, 3.05) is 16.8 Å². The van der Waals surface area contributed by atoms with Gasteiger partial charge in [0.25, 0.3) is 11.8 Å². The fraction of sp³-hybridized carbons (Fsp3) is 0.345. The lowest BCUT2D eigenvalue weighted by Crippen LogP contribution is -2.52. The van der Waals surface area contributed by atoms with E-state index in [1.54, 1.807) is 54.6 Å². The molecule has 1 aliphatic heterocycles. The third kappa shape index (κ3) is 5.66. The number of para-hydroxylation sites is 2. The molecule has 1 fully saturated rings. The van der Waals surface area contributed by atoms with E-state index in [4.69, 9.17) is 13.9 Å². The second kappa shape index (κ2) is 11.4. The van der Waals surface area contributed by atoms with Gasteiger partial charge < -0.3 is 24.5 Å². The number of furan rings is 1. The summed E-state index contributed by atoms with van der Waals surface area (Å²) in [6.45, 7) is 1.41. The number of nitrogens with zero attached hydrogens (tertiary/aromatic N) is 1. The summed E-state index contributed by atoms with van der Waals surface area (Å²) in [5, 5.41) is 5.87. The van der Waals surface area contributed by atoms with E-state index in [1.165, 1.54) is 18.1 Å². The van der Waals surface area contributed by atoms with Crippen LogP contribution in [0.1, 0.15) is 50.8 Å². The van der Waals surface area contributed by atoms with Gasteiger partial charge in [0.05, 0.1) is 6.26 Å². The van der Waals surface area contributed by atoms with Crippen LogP contribution in [0, 0.1) is 0 Å². The number of hydrogen-bond donors (Lipinski definition) is 2. The monoisotopic (exact) mass is 517 g/mol. The number of carbonyl (C=O) groups is 3. The highest BCUT2D eigenvalue weighted by atomic mass is 16.6. The summed E-state index contributed by atoms with van der Waals surface area (Å²) in [6.07, 6.45) is 5.54. The lowest BCUT2D eigenvalue weighted by Gasteiger charge is -2.35. The van der Waals surface area contributed by atoms with Crippen molar-refractivity contribution in [1.82, 2.24) is 5.32 Å². The van der Waals surface area contributed by atoms with Crippen molar-refractivity contribution in [3.63, 3.8) is 0 Å². The van der Waals surface area contributed by atoms with Gasteiger partial charge >= 0.3 is 0 Å². The summed E-state index contributed by atoms with van der Waals surface area (Å²) in [7, 11) is 0. The number of fused-ring (bicyclic) bond motifs is 1. The van der Waals surface area contributed by atoms with E-state index >= 15 is 0 Å². The minimum Gasteiger partial charge on any atom is -0.485 e. The Kier molecular flexibility index (Phi) is 7.62. The summed E-state index contributed by atoms with van der Waals surface area (Å²) in [6, 6.07) is 16.2. The van der Waals surface area contributed by atoms with E-state index in [2.05, 4.69) is 10.6 Å². The van der Waals surface area contributed by atoms with Crippen molar-refractivity contribution in [2.45, 2.75) is 57.2 Å². The van der Waals surface area contributed by atoms with Crippen molar-refractivity contribution in [2.24, 2.45) is 0 Å². The molecule has 1 saturated carbocycles.